The highest BCUT2D eigenvalue weighted by Gasteiger charge is 1.83. The Hall–Kier alpha value is -0.710. The highest BCUT2D eigenvalue weighted by atomic mass is 14.8. The summed E-state index contributed by atoms with van der Waals surface area (Å²) in [6.45, 7) is 2.84. The monoisotopic (exact) mass is 111 g/mol. The summed E-state index contributed by atoms with van der Waals surface area (Å²) in [7, 11) is 0. The van der Waals surface area contributed by atoms with Gasteiger partial charge in [0.2, 0.25) is 6.19 Å². The molecule has 0 heterocycles. The summed E-state index contributed by atoms with van der Waals surface area (Å²) >= 11 is 0. The highest BCUT2D eigenvalue weighted by Crippen LogP contribution is 1.90. The number of nitriles is 1. The van der Waals surface area contributed by atoms with Gasteiger partial charge in [0.25, 0.3) is 0 Å². The summed E-state index contributed by atoms with van der Waals surface area (Å²) in [4.78, 5) is 0. The first kappa shape index (κ1) is 7.29. The van der Waals surface area contributed by atoms with Gasteiger partial charge in [-0.1, -0.05) is 19.8 Å². The summed E-state index contributed by atoms with van der Waals surface area (Å²) in [6, 6.07) is 0. The van der Waals surface area contributed by atoms with Gasteiger partial charge in [0.15, 0.2) is 0 Å². The lowest BCUT2D eigenvalue weighted by molar-refractivity contribution is 0.682. The fraction of sp³-hybridized carbons (Fsp3) is 0.833. The van der Waals surface area contributed by atoms with Gasteiger partial charge in [0, 0.05) is 0 Å². The molecule has 0 aliphatic rings. The first-order valence-corrected chi connectivity index (χ1v) is 2.97. The van der Waals surface area contributed by atoms with E-state index in [2.05, 4.69) is 12.2 Å². The quantitative estimate of drug-likeness (QED) is 0.397. The normalized spacial score (nSPS) is 8.00. The Kier molecular flexibility index (Phi) is 5.73. The topological polar surface area (TPSA) is 37.9 Å². The lowest BCUT2D eigenvalue weighted by atomic mass is 10.2. The Morgan fingerprint density at radius 3 is 2.75 bits per heavy atom. The van der Waals surface area contributed by atoms with Crippen LogP contribution in [0.4, 0.5) is 0 Å². The van der Waals surface area contributed by atoms with Gasteiger partial charge in [-0.2, -0.15) is 5.26 Å². The number of rotatable bonds is 4. The molecule has 0 N–H and O–H groups in total. The maximum atomic E-state index is 7.95. The third-order valence-corrected chi connectivity index (χ3v) is 0.944. The average Bonchev–Trinajstić information content (AvgIpc) is 1.81. The molecule has 0 rings (SSSR count). The van der Waals surface area contributed by atoms with Gasteiger partial charge in [0.1, 0.15) is 0 Å². The van der Waals surface area contributed by atoms with Crippen molar-refractivity contribution in [3.63, 3.8) is 0 Å². The summed E-state index contributed by atoms with van der Waals surface area (Å²) in [5, 5.41) is 11.5. The van der Waals surface area contributed by atoms with Crippen LogP contribution in [0.25, 0.3) is 0 Å². The number of nitrogens with zero attached hydrogens (tertiary/aromatic N) is 2. The van der Waals surface area contributed by atoms with Crippen LogP contribution in [0.15, 0.2) is 0 Å². The molecule has 0 bridgehead atoms. The molecule has 0 unspecified atom stereocenters. The van der Waals surface area contributed by atoms with Gasteiger partial charge in [-0.3, -0.25) is 0 Å². The molecule has 45 valence electrons. The van der Waals surface area contributed by atoms with Crippen molar-refractivity contribution in [2.45, 2.75) is 26.2 Å². The molecule has 8 heavy (non-hydrogen) atoms. The first-order chi connectivity index (χ1) is 3.91. The summed E-state index contributed by atoms with van der Waals surface area (Å²) < 4.78 is 0. The molecule has 0 aromatic heterocycles. The van der Waals surface area contributed by atoms with Crippen molar-refractivity contribution < 1.29 is 0 Å². The summed E-state index contributed by atoms with van der Waals surface area (Å²) in [5.41, 5.74) is 0. The molecule has 1 radical (unpaired) electrons. The van der Waals surface area contributed by atoms with E-state index in [1.54, 1.807) is 6.19 Å². The van der Waals surface area contributed by atoms with Crippen LogP contribution in [-0.2, 0) is 0 Å². The van der Waals surface area contributed by atoms with Crippen molar-refractivity contribution in [2.24, 2.45) is 0 Å². The molecule has 0 saturated carbocycles. The van der Waals surface area contributed by atoms with E-state index >= 15 is 0 Å². The Balaban J connectivity index is 2.65. The third-order valence-electron chi connectivity index (χ3n) is 0.944. The van der Waals surface area contributed by atoms with Crippen LogP contribution in [0.2, 0.25) is 0 Å². The van der Waals surface area contributed by atoms with Gasteiger partial charge < -0.3 is 0 Å². The number of hydrogen-bond donors (Lipinski definition) is 0. The van der Waals surface area contributed by atoms with Crippen molar-refractivity contribution in [3.8, 4) is 6.19 Å². The smallest absolute Gasteiger partial charge is 0.200 e. The molecular formula is C6H11N2. The van der Waals surface area contributed by atoms with Gasteiger partial charge in [-0.15, -0.1) is 0 Å². The molecule has 0 saturated heterocycles. The summed E-state index contributed by atoms with van der Waals surface area (Å²) in [6.07, 6.45) is 5.19. The SMILES string of the molecule is CCCCC[N]C#N. The zero-order valence-electron chi connectivity index (χ0n) is 5.22. The zero-order chi connectivity index (χ0) is 6.24. The van der Waals surface area contributed by atoms with Crippen molar-refractivity contribution >= 4 is 0 Å². The van der Waals surface area contributed by atoms with Crippen molar-refractivity contribution in [3.05, 3.63) is 0 Å². The summed E-state index contributed by atoms with van der Waals surface area (Å²) in [5.74, 6) is 0. The van der Waals surface area contributed by atoms with Gasteiger partial charge in [-0.25, -0.2) is 5.32 Å². The molecule has 2 nitrogen and oxygen atoms in total. The van der Waals surface area contributed by atoms with E-state index in [9.17, 15) is 0 Å². The van der Waals surface area contributed by atoms with Crippen molar-refractivity contribution in [2.75, 3.05) is 6.54 Å². The minimum absolute atomic E-state index is 0.713. The Labute approximate surface area is 50.5 Å². The second-order valence-electron chi connectivity index (χ2n) is 1.69. The number of hydrogen-bond acceptors (Lipinski definition) is 1. The maximum absolute atomic E-state index is 7.95. The Bertz CT molecular complexity index is 73.1. The van der Waals surface area contributed by atoms with Crippen molar-refractivity contribution in [1.82, 2.24) is 5.32 Å². The standard InChI is InChI=1S/C6H11N2/c1-2-3-4-5-8-6-7/h2-5H2,1H3. The van der Waals surface area contributed by atoms with E-state index in [0.717, 1.165) is 6.42 Å². The van der Waals surface area contributed by atoms with Crippen LogP contribution in [0.5, 0.6) is 0 Å². The molecule has 0 amide bonds. The molecule has 2 heteroatoms. The van der Waals surface area contributed by atoms with E-state index in [-0.39, 0.29) is 0 Å². The second-order valence-corrected chi connectivity index (χ2v) is 1.69. The lowest BCUT2D eigenvalue weighted by Gasteiger charge is -1.89. The fourth-order valence-corrected chi connectivity index (χ4v) is 0.491. The predicted octanol–water partition coefficient (Wildman–Crippen LogP) is 1.26. The second kappa shape index (κ2) is 6.29. The molecule has 0 aromatic carbocycles. The predicted molar refractivity (Wildman–Crippen MR) is 32.1 cm³/mol. The van der Waals surface area contributed by atoms with E-state index < -0.39 is 0 Å². The lowest BCUT2D eigenvalue weighted by Crippen LogP contribution is -1.97. The van der Waals surface area contributed by atoms with Crippen molar-refractivity contribution in [1.29, 1.82) is 5.26 Å². The molecule has 0 atom stereocenters. The minimum atomic E-state index is 0.713. The maximum Gasteiger partial charge on any atom is 0.200 e. The molecule has 0 aliphatic heterocycles. The largest absolute Gasteiger partial charge is 0.212 e. The van der Waals surface area contributed by atoms with Crippen LogP contribution in [0, 0.1) is 11.5 Å². The van der Waals surface area contributed by atoms with Crippen LogP contribution >= 0.6 is 0 Å². The molecule has 0 spiro atoms. The van der Waals surface area contributed by atoms with Gasteiger partial charge in [0.05, 0.1) is 6.54 Å². The average molecular weight is 111 g/mol. The van der Waals surface area contributed by atoms with E-state index in [1.165, 1.54) is 12.8 Å². The molecule has 0 aliphatic carbocycles. The van der Waals surface area contributed by atoms with E-state index in [1.807, 2.05) is 0 Å². The highest BCUT2D eigenvalue weighted by molar-refractivity contribution is 4.62. The van der Waals surface area contributed by atoms with Crippen LogP contribution in [-0.4, -0.2) is 6.54 Å². The van der Waals surface area contributed by atoms with E-state index in [0.29, 0.717) is 6.54 Å². The number of unbranched alkanes of at least 4 members (excludes halogenated alkanes) is 2. The van der Waals surface area contributed by atoms with Crippen LogP contribution in [0.1, 0.15) is 26.2 Å². The third kappa shape index (κ3) is 5.29. The van der Waals surface area contributed by atoms with Crippen LogP contribution in [0.3, 0.4) is 0 Å². The zero-order valence-corrected chi connectivity index (χ0v) is 5.22. The van der Waals surface area contributed by atoms with E-state index in [4.69, 9.17) is 5.26 Å². The van der Waals surface area contributed by atoms with Gasteiger partial charge >= 0.3 is 0 Å². The fourth-order valence-electron chi connectivity index (χ4n) is 0.491. The molecule has 0 fully saturated rings. The minimum Gasteiger partial charge on any atom is -0.212 e. The first-order valence-electron chi connectivity index (χ1n) is 2.97. The Morgan fingerprint density at radius 2 is 2.25 bits per heavy atom. The molecule has 0 aromatic rings. The molecular weight excluding hydrogens is 100 g/mol. The van der Waals surface area contributed by atoms with Crippen LogP contribution < -0.4 is 5.32 Å². The Morgan fingerprint density at radius 1 is 1.50 bits per heavy atom. The van der Waals surface area contributed by atoms with Gasteiger partial charge in [-0.05, 0) is 6.42 Å².